The Morgan fingerprint density at radius 1 is 1.15 bits per heavy atom. The Balaban J connectivity index is 1.53. The molecule has 4 nitrogen and oxygen atoms in total. The van der Waals surface area contributed by atoms with Gasteiger partial charge in [0.2, 0.25) is 0 Å². The number of amides is 1. The highest BCUT2D eigenvalue weighted by Gasteiger charge is 2.26. The molecule has 2 aliphatic heterocycles. The van der Waals surface area contributed by atoms with E-state index in [0.717, 1.165) is 26.1 Å². The van der Waals surface area contributed by atoms with Crippen LogP contribution in [0.2, 0.25) is 5.02 Å². The van der Waals surface area contributed by atoms with E-state index in [9.17, 15) is 4.79 Å². The Bertz CT molecular complexity index is 832. The molecule has 0 spiro atoms. The zero-order valence-corrected chi connectivity index (χ0v) is 16.5. The summed E-state index contributed by atoms with van der Waals surface area (Å²) in [7, 11) is 2.15. The van der Waals surface area contributed by atoms with Gasteiger partial charge in [0.25, 0.3) is 5.91 Å². The molecule has 1 N–H and O–H groups in total. The van der Waals surface area contributed by atoms with E-state index in [0.29, 0.717) is 17.1 Å². The Hall–Kier alpha value is -2.04. The van der Waals surface area contributed by atoms with Crippen LogP contribution < -0.4 is 10.2 Å². The third-order valence-electron chi connectivity index (χ3n) is 5.77. The highest BCUT2D eigenvalue weighted by Crippen LogP contribution is 2.32. The van der Waals surface area contributed by atoms with Crippen LogP contribution in [0.5, 0.6) is 0 Å². The first-order chi connectivity index (χ1) is 13.1. The maximum atomic E-state index is 12.6. The second kappa shape index (κ2) is 7.91. The van der Waals surface area contributed by atoms with Crippen molar-refractivity contribution in [2.45, 2.75) is 25.3 Å². The van der Waals surface area contributed by atoms with Gasteiger partial charge in [0, 0.05) is 25.8 Å². The molecule has 0 aromatic heterocycles. The number of nitrogens with zero attached hydrogens (tertiary/aromatic N) is 2. The summed E-state index contributed by atoms with van der Waals surface area (Å²) in [6, 6.07) is 14.2. The number of benzene rings is 2. The zero-order chi connectivity index (χ0) is 18.8. The van der Waals surface area contributed by atoms with Crippen molar-refractivity contribution in [3.05, 3.63) is 64.2 Å². The van der Waals surface area contributed by atoms with Gasteiger partial charge in [-0.1, -0.05) is 35.9 Å². The molecule has 0 bridgehead atoms. The SMILES string of the molecule is CN1CCc2cc([C@@H](CNC(=O)c3ccccc3Cl)N3CCCC3)ccc21. The van der Waals surface area contributed by atoms with Gasteiger partial charge < -0.3 is 10.2 Å². The lowest BCUT2D eigenvalue weighted by atomic mass is 10.0. The van der Waals surface area contributed by atoms with Gasteiger partial charge in [0.1, 0.15) is 0 Å². The van der Waals surface area contributed by atoms with E-state index in [-0.39, 0.29) is 11.9 Å². The Kier molecular flexibility index (Phi) is 5.37. The molecule has 4 rings (SSSR count). The summed E-state index contributed by atoms with van der Waals surface area (Å²) in [6.07, 6.45) is 3.55. The third-order valence-corrected chi connectivity index (χ3v) is 6.10. The number of hydrogen-bond acceptors (Lipinski definition) is 3. The summed E-state index contributed by atoms with van der Waals surface area (Å²) in [5.41, 5.74) is 4.58. The number of likely N-dealkylation sites (N-methyl/N-ethyl adjacent to an activating group) is 1. The summed E-state index contributed by atoms with van der Waals surface area (Å²) in [5.74, 6) is -0.106. The van der Waals surface area contributed by atoms with Crippen LogP contribution in [0.15, 0.2) is 42.5 Å². The first kappa shape index (κ1) is 18.3. The van der Waals surface area contributed by atoms with Crippen molar-refractivity contribution in [1.29, 1.82) is 0 Å². The minimum atomic E-state index is -0.106. The molecular formula is C22H26ClN3O. The molecule has 2 aliphatic rings. The molecular weight excluding hydrogens is 358 g/mol. The van der Waals surface area contributed by atoms with E-state index in [1.54, 1.807) is 12.1 Å². The third kappa shape index (κ3) is 3.83. The van der Waals surface area contributed by atoms with Gasteiger partial charge in [-0.3, -0.25) is 9.69 Å². The molecule has 2 aromatic rings. The minimum Gasteiger partial charge on any atom is -0.374 e. The molecule has 2 heterocycles. The second-order valence-electron chi connectivity index (χ2n) is 7.51. The van der Waals surface area contributed by atoms with E-state index in [2.05, 4.69) is 40.4 Å². The van der Waals surface area contributed by atoms with Gasteiger partial charge in [0.05, 0.1) is 16.6 Å². The van der Waals surface area contributed by atoms with Gasteiger partial charge in [-0.05, 0) is 61.7 Å². The van der Waals surface area contributed by atoms with Gasteiger partial charge in [-0.25, -0.2) is 0 Å². The van der Waals surface area contributed by atoms with Crippen LogP contribution in [0.25, 0.3) is 0 Å². The van der Waals surface area contributed by atoms with Crippen LogP contribution >= 0.6 is 11.6 Å². The predicted octanol–water partition coefficient (Wildman–Crippen LogP) is 3.90. The fourth-order valence-electron chi connectivity index (χ4n) is 4.23. The van der Waals surface area contributed by atoms with Crippen molar-refractivity contribution >= 4 is 23.2 Å². The molecule has 2 aromatic carbocycles. The van der Waals surface area contributed by atoms with Crippen LogP contribution in [0.3, 0.4) is 0 Å². The maximum absolute atomic E-state index is 12.6. The number of carbonyl (C=O) groups excluding carboxylic acids is 1. The zero-order valence-electron chi connectivity index (χ0n) is 15.7. The van der Waals surface area contributed by atoms with Crippen LogP contribution in [0.1, 0.15) is 40.4 Å². The quantitative estimate of drug-likeness (QED) is 0.850. The maximum Gasteiger partial charge on any atom is 0.252 e. The molecule has 1 atom stereocenters. The Morgan fingerprint density at radius 3 is 2.70 bits per heavy atom. The van der Waals surface area contributed by atoms with Gasteiger partial charge >= 0.3 is 0 Å². The molecule has 0 unspecified atom stereocenters. The van der Waals surface area contributed by atoms with Gasteiger partial charge in [0.15, 0.2) is 0 Å². The number of halogens is 1. The minimum absolute atomic E-state index is 0.106. The highest BCUT2D eigenvalue weighted by atomic mass is 35.5. The highest BCUT2D eigenvalue weighted by molar-refractivity contribution is 6.33. The number of likely N-dealkylation sites (tertiary alicyclic amines) is 1. The van der Waals surface area contributed by atoms with Crippen molar-refractivity contribution in [3.8, 4) is 0 Å². The van der Waals surface area contributed by atoms with E-state index >= 15 is 0 Å². The van der Waals surface area contributed by atoms with E-state index in [1.807, 2.05) is 12.1 Å². The lowest BCUT2D eigenvalue weighted by Gasteiger charge is -2.29. The summed E-state index contributed by atoms with van der Waals surface area (Å²) in [6.45, 7) is 3.85. The Morgan fingerprint density at radius 2 is 1.93 bits per heavy atom. The average Bonchev–Trinajstić information content (AvgIpc) is 3.33. The standard InChI is InChI=1S/C22H26ClN3O/c1-25-13-10-17-14-16(8-9-20(17)25)21(26-11-4-5-12-26)15-24-22(27)18-6-2-3-7-19(18)23/h2-3,6-9,14,21H,4-5,10-13,15H2,1H3,(H,24,27)/t21-/m1/s1. The lowest BCUT2D eigenvalue weighted by molar-refractivity contribution is 0.0938. The topological polar surface area (TPSA) is 35.6 Å². The molecule has 0 aliphatic carbocycles. The molecule has 27 heavy (non-hydrogen) atoms. The molecule has 0 saturated carbocycles. The molecule has 5 heteroatoms. The summed E-state index contributed by atoms with van der Waals surface area (Å²) in [5, 5.41) is 3.61. The predicted molar refractivity (Wildman–Crippen MR) is 111 cm³/mol. The van der Waals surface area contributed by atoms with Crippen molar-refractivity contribution in [1.82, 2.24) is 10.2 Å². The van der Waals surface area contributed by atoms with Crippen LogP contribution in [0, 0.1) is 0 Å². The average molecular weight is 384 g/mol. The van der Waals surface area contributed by atoms with E-state index in [4.69, 9.17) is 11.6 Å². The number of nitrogens with one attached hydrogen (secondary N) is 1. The van der Waals surface area contributed by atoms with Crippen molar-refractivity contribution < 1.29 is 4.79 Å². The number of carbonyl (C=O) groups is 1. The molecule has 1 fully saturated rings. The number of fused-ring (bicyclic) bond motifs is 1. The van der Waals surface area contributed by atoms with Crippen LogP contribution in [-0.2, 0) is 6.42 Å². The van der Waals surface area contributed by atoms with E-state index in [1.165, 1.54) is 29.7 Å². The van der Waals surface area contributed by atoms with Crippen molar-refractivity contribution in [3.63, 3.8) is 0 Å². The summed E-state index contributed by atoms with van der Waals surface area (Å²) < 4.78 is 0. The molecule has 0 radical (unpaired) electrons. The molecule has 1 saturated heterocycles. The molecule has 1 amide bonds. The number of hydrogen-bond donors (Lipinski definition) is 1. The summed E-state index contributed by atoms with van der Waals surface area (Å²) in [4.78, 5) is 17.4. The number of rotatable bonds is 5. The monoisotopic (exact) mass is 383 g/mol. The van der Waals surface area contributed by atoms with Crippen molar-refractivity contribution in [2.75, 3.05) is 38.1 Å². The first-order valence-electron chi connectivity index (χ1n) is 9.74. The summed E-state index contributed by atoms with van der Waals surface area (Å²) >= 11 is 6.18. The van der Waals surface area contributed by atoms with E-state index < -0.39 is 0 Å². The second-order valence-corrected chi connectivity index (χ2v) is 7.92. The normalized spacial score (nSPS) is 17.8. The largest absolute Gasteiger partial charge is 0.374 e. The Labute approximate surface area is 166 Å². The number of anilines is 1. The fourth-order valence-corrected chi connectivity index (χ4v) is 4.46. The van der Waals surface area contributed by atoms with Gasteiger partial charge in [-0.15, -0.1) is 0 Å². The fraction of sp³-hybridized carbons (Fsp3) is 0.409. The van der Waals surface area contributed by atoms with Gasteiger partial charge in [-0.2, -0.15) is 0 Å². The van der Waals surface area contributed by atoms with Crippen molar-refractivity contribution in [2.24, 2.45) is 0 Å². The lowest BCUT2D eigenvalue weighted by Crippen LogP contribution is -2.37. The smallest absolute Gasteiger partial charge is 0.252 e. The van der Waals surface area contributed by atoms with Crippen LogP contribution in [-0.4, -0.2) is 44.0 Å². The van der Waals surface area contributed by atoms with Crippen LogP contribution in [0.4, 0.5) is 5.69 Å². The molecule has 142 valence electrons. The first-order valence-corrected chi connectivity index (χ1v) is 10.1.